The van der Waals surface area contributed by atoms with E-state index in [1.54, 1.807) is 12.1 Å². The number of carbonyl (C=O) groups is 1. The highest BCUT2D eigenvalue weighted by atomic mass is 16.5. The van der Waals surface area contributed by atoms with Crippen LogP contribution in [-0.4, -0.2) is 24.7 Å². The van der Waals surface area contributed by atoms with Crippen LogP contribution < -0.4 is 4.90 Å². The average molecular weight is 283 g/mol. The van der Waals surface area contributed by atoms with Crippen molar-refractivity contribution in [2.45, 2.75) is 13.0 Å². The van der Waals surface area contributed by atoms with Crippen LogP contribution in [0.15, 0.2) is 42.5 Å². The van der Waals surface area contributed by atoms with E-state index < -0.39 is 0 Å². The fourth-order valence-corrected chi connectivity index (χ4v) is 2.76. The van der Waals surface area contributed by atoms with E-state index in [-0.39, 0.29) is 18.3 Å². The standard InChI is InChI=1S/C17H17NO3/c1-21-17(20)11-18-10-13-6-7-15(19)9-14(13)8-12-4-2-3-5-16(12)18/h2-7,9,19H,8,10-11H2,1H3. The number of hydrogen-bond acceptors (Lipinski definition) is 4. The zero-order valence-corrected chi connectivity index (χ0v) is 11.9. The van der Waals surface area contributed by atoms with Crippen molar-refractivity contribution in [3.05, 3.63) is 59.2 Å². The van der Waals surface area contributed by atoms with E-state index in [0.717, 1.165) is 28.8 Å². The Hall–Kier alpha value is -2.49. The van der Waals surface area contributed by atoms with E-state index in [9.17, 15) is 9.90 Å². The second-order valence-electron chi connectivity index (χ2n) is 5.19. The minimum atomic E-state index is -0.257. The number of hydrogen-bond donors (Lipinski definition) is 1. The highest BCUT2D eigenvalue weighted by Gasteiger charge is 2.21. The fraction of sp³-hybridized carbons (Fsp3) is 0.235. The lowest BCUT2D eigenvalue weighted by molar-refractivity contribution is -0.138. The van der Waals surface area contributed by atoms with E-state index in [4.69, 9.17) is 4.74 Å². The molecule has 0 aliphatic carbocycles. The van der Waals surface area contributed by atoms with Gasteiger partial charge in [-0.2, -0.15) is 0 Å². The third-order valence-corrected chi connectivity index (χ3v) is 3.81. The van der Waals surface area contributed by atoms with Crippen LogP contribution in [0.2, 0.25) is 0 Å². The molecule has 0 bridgehead atoms. The summed E-state index contributed by atoms with van der Waals surface area (Å²) in [5, 5.41) is 9.69. The van der Waals surface area contributed by atoms with Crippen molar-refractivity contribution in [3.8, 4) is 5.75 Å². The van der Waals surface area contributed by atoms with E-state index in [1.165, 1.54) is 7.11 Å². The first-order valence-electron chi connectivity index (χ1n) is 6.88. The van der Waals surface area contributed by atoms with E-state index in [0.29, 0.717) is 6.54 Å². The van der Waals surface area contributed by atoms with E-state index in [2.05, 4.69) is 6.07 Å². The quantitative estimate of drug-likeness (QED) is 0.860. The Labute approximate surface area is 123 Å². The Bertz CT molecular complexity index is 681. The summed E-state index contributed by atoms with van der Waals surface area (Å²) in [4.78, 5) is 13.7. The molecule has 1 aliphatic heterocycles. The van der Waals surface area contributed by atoms with Gasteiger partial charge < -0.3 is 14.7 Å². The number of benzene rings is 2. The summed E-state index contributed by atoms with van der Waals surface area (Å²) in [6.45, 7) is 0.843. The average Bonchev–Trinajstić information content (AvgIpc) is 2.63. The Morgan fingerprint density at radius 1 is 1.19 bits per heavy atom. The molecule has 0 aromatic heterocycles. The van der Waals surface area contributed by atoms with Crippen LogP contribution in [0.3, 0.4) is 0 Å². The van der Waals surface area contributed by atoms with Crippen LogP contribution in [0.1, 0.15) is 16.7 Å². The topological polar surface area (TPSA) is 49.8 Å². The SMILES string of the molecule is COC(=O)CN1Cc2ccc(O)cc2Cc2ccccc21. The van der Waals surface area contributed by atoms with Gasteiger partial charge in [-0.25, -0.2) is 0 Å². The summed E-state index contributed by atoms with van der Waals surface area (Å²) < 4.78 is 4.80. The van der Waals surface area contributed by atoms with Gasteiger partial charge in [-0.05, 0) is 41.3 Å². The van der Waals surface area contributed by atoms with Crippen molar-refractivity contribution in [2.75, 3.05) is 18.6 Å². The number of ether oxygens (including phenoxy) is 1. The maximum absolute atomic E-state index is 11.7. The lowest BCUT2D eigenvalue weighted by Crippen LogP contribution is -2.30. The van der Waals surface area contributed by atoms with Gasteiger partial charge in [-0.3, -0.25) is 4.79 Å². The number of anilines is 1. The van der Waals surface area contributed by atoms with Crippen molar-refractivity contribution in [2.24, 2.45) is 0 Å². The molecular weight excluding hydrogens is 266 g/mol. The number of rotatable bonds is 2. The summed E-state index contributed by atoms with van der Waals surface area (Å²) in [5.74, 6) is 0.0136. The first-order valence-corrected chi connectivity index (χ1v) is 6.88. The number of phenolic OH excluding ortho intramolecular Hbond substituents is 1. The maximum Gasteiger partial charge on any atom is 0.325 e. The molecule has 2 aromatic rings. The number of para-hydroxylation sites is 1. The summed E-state index contributed by atoms with van der Waals surface area (Å²) in [5.41, 5.74) is 4.40. The second kappa shape index (κ2) is 5.48. The number of nitrogens with zero attached hydrogens (tertiary/aromatic N) is 1. The van der Waals surface area contributed by atoms with Crippen molar-refractivity contribution < 1.29 is 14.6 Å². The molecule has 4 heteroatoms. The molecule has 1 heterocycles. The molecule has 0 saturated carbocycles. The molecule has 1 aliphatic rings. The number of phenols is 1. The summed E-state index contributed by atoms with van der Waals surface area (Å²) in [6.07, 6.45) is 0.748. The van der Waals surface area contributed by atoms with Crippen molar-refractivity contribution >= 4 is 11.7 Å². The van der Waals surface area contributed by atoms with Crippen molar-refractivity contribution in [1.82, 2.24) is 0 Å². The Morgan fingerprint density at radius 2 is 2.00 bits per heavy atom. The van der Waals surface area contributed by atoms with E-state index >= 15 is 0 Å². The van der Waals surface area contributed by atoms with Gasteiger partial charge in [0.1, 0.15) is 12.3 Å². The molecule has 0 fully saturated rings. The number of methoxy groups -OCH3 is 1. The normalized spacial score (nSPS) is 13.1. The predicted octanol–water partition coefficient (Wildman–Crippen LogP) is 2.48. The molecule has 0 radical (unpaired) electrons. The highest BCUT2D eigenvalue weighted by Crippen LogP contribution is 2.31. The Kier molecular flexibility index (Phi) is 3.52. The maximum atomic E-state index is 11.7. The van der Waals surface area contributed by atoms with Crippen LogP contribution in [0, 0.1) is 0 Å². The molecule has 108 valence electrons. The molecule has 0 saturated heterocycles. The largest absolute Gasteiger partial charge is 0.508 e. The molecule has 0 atom stereocenters. The Morgan fingerprint density at radius 3 is 2.81 bits per heavy atom. The minimum absolute atomic E-state index is 0.216. The fourth-order valence-electron chi connectivity index (χ4n) is 2.76. The molecule has 0 unspecified atom stereocenters. The summed E-state index contributed by atoms with van der Waals surface area (Å²) in [7, 11) is 1.40. The van der Waals surface area contributed by atoms with Gasteiger partial charge in [0.25, 0.3) is 0 Å². The highest BCUT2D eigenvalue weighted by molar-refractivity contribution is 5.76. The third-order valence-electron chi connectivity index (χ3n) is 3.81. The predicted molar refractivity (Wildman–Crippen MR) is 80.4 cm³/mol. The van der Waals surface area contributed by atoms with Gasteiger partial charge >= 0.3 is 5.97 Å². The van der Waals surface area contributed by atoms with Crippen LogP contribution >= 0.6 is 0 Å². The van der Waals surface area contributed by atoms with Crippen molar-refractivity contribution in [3.63, 3.8) is 0 Å². The van der Waals surface area contributed by atoms with Gasteiger partial charge in [-0.1, -0.05) is 24.3 Å². The monoisotopic (exact) mass is 283 g/mol. The third kappa shape index (κ3) is 2.70. The first kappa shape index (κ1) is 13.5. The van der Waals surface area contributed by atoms with Crippen LogP contribution in [0.4, 0.5) is 5.69 Å². The van der Waals surface area contributed by atoms with Crippen molar-refractivity contribution in [1.29, 1.82) is 0 Å². The molecule has 21 heavy (non-hydrogen) atoms. The van der Waals surface area contributed by atoms with Gasteiger partial charge in [0.2, 0.25) is 0 Å². The molecule has 0 spiro atoms. The lowest BCUT2D eigenvalue weighted by Gasteiger charge is -2.23. The van der Waals surface area contributed by atoms with Crippen LogP contribution in [0.5, 0.6) is 5.75 Å². The van der Waals surface area contributed by atoms with E-state index in [1.807, 2.05) is 29.2 Å². The van der Waals surface area contributed by atoms with Gasteiger partial charge in [0.05, 0.1) is 7.11 Å². The number of carbonyl (C=O) groups excluding carboxylic acids is 1. The van der Waals surface area contributed by atoms with Crippen LogP contribution in [-0.2, 0) is 22.5 Å². The first-order chi connectivity index (χ1) is 10.2. The number of esters is 1. The Balaban J connectivity index is 2.05. The smallest absolute Gasteiger partial charge is 0.325 e. The van der Waals surface area contributed by atoms with Gasteiger partial charge in [-0.15, -0.1) is 0 Å². The molecule has 0 amide bonds. The number of aromatic hydroxyl groups is 1. The molecule has 1 N–H and O–H groups in total. The molecular formula is C17H17NO3. The molecule has 3 rings (SSSR count). The molecule has 2 aromatic carbocycles. The second-order valence-corrected chi connectivity index (χ2v) is 5.19. The lowest BCUT2D eigenvalue weighted by atomic mass is 10.0. The van der Waals surface area contributed by atoms with Gasteiger partial charge in [0, 0.05) is 12.2 Å². The minimum Gasteiger partial charge on any atom is -0.508 e. The molecule has 4 nitrogen and oxygen atoms in total. The zero-order chi connectivity index (χ0) is 14.8. The zero-order valence-electron chi connectivity index (χ0n) is 11.9. The summed E-state index contributed by atoms with van der Waals surface area (Å²) in [6, 6.07) is 13.4. The van der Waals surface area contributed by atoms with Crippen LogP contribution in [0.25, 0.3) is 0 Å². The number of fused-ring (bicyclic) bond motifs is 2. The van der Waals surface area contributed by atoms with Gasteiger partial charge in [0.15, 0.2) is 0 Å². The summed E-state index contributed by atoms with van der Waals surface area (Å²) >= 11 is 0.